The van der Waals surface area contributed by atoms with Gasteiger partial charge >= 0.3 is 0 Å². The van der Waals surface area contributed by atoms with E-state index in [2.05, 4.69) is 27.1 Å². The van der Waals surface area contributed by atoms with Crippen molar-refractivity contribution in [3.05, 3.63) is 24.3 Å². The van der Waals surface area contributed by atoms with Crippen LogP contribution in [0.5, 0.6) is 0 Å². The number of rotatable bonds is 6. The topological polar surface area (TPSA) is 41.0 Å². The highest BCUT2D eigenvalue weighted by molar-refractivity contribution is 4.98. The first-order valence-electron chi connectivity index (χ1n) is 6.56. The Morgan fingerprint density at radius 2 is 2.47 bits per heavy atom. The van der Waals surface area contributed by atoms with Crippen molar-refractivity contribution in [3.8, 4) is 0 Å². The second-order valence-electron chi connectivity index (χ2n) is 4.79. The molecule has 0 spiro atoms. The Hall–Kier alpha value is -1.00. The van der Waals surface area contributed by atoms with Crippen LogP contribution in [0, 0.1) is 5.92 Å². The highest BCUT2D eigenvalue weighted by Crippen LogP contribution is 2.17. The van der Waals surface area contributed by atoms with Gasteiger partial charge in [0.25, 0.3) is 0 Å². The molecule has 1 atom stereocenters. The molecular formula is C13H22N4. The Balaban J connectivity index is 1.71. The number of nitrogens with zero attached hydrogens (tertiary/aromatic N) is 3. The molecule has 1 aliphatic heterocycles. The molecule has 0 saturated carbocycles. The van der Waals surface area contributed by atoms with E-state index in [-0.39, 0.29) is 0 Å². The predicted molar refractivity (Wildman–Crippen MR) is 68.6 cm³/mol. The van der Waals surface area contributed by atoms with Gasteiger partial charge in [-0.2, -0.15) is 0 Å². The lowest BCUT2D eigenvalue weighted by Crippen LogP contribution is -2.27. The fourth-order valence-corrected chi connectivity index (χ4v) is 2.35. The molecule has 1 N–H and O–H groups in total. The number of hydrogen-bond donors (Lipinski definition) is 1. The van der Waals surface area contributed by atoms with E-state index >= 15 is 0 Å². The zero-order chi connectivity index (χ0) is 11.9. The molecule has 1 unspecified atom stereocenters. The number of hydrogen-bond acceptors (Lipinski definition) is 4. The third-order valence-corrected chi connectivity index (χ3v) is 3.26. The summed E-state index contributed by atoms with van der Waals surface area (Å²) in [6.07, 6.45) is 5.98. The lowest BCUT2D eigenvalue weighted by molar-refractivity contribution is 0.310. The normalized spacial score (nSPS) is 20.9. The average Bonchev–Trinajstić information content (AvgIpc) is 2.79. The van der Waals surface area contributed by atoms with Gasteiger partial charge in [0.1, 0.15) is 6.33 Å². The summed E-state index contributed by atoms with van der Waals surface area (Å²) < 4.78 is 0. The third-order valence-electron chi connectivity index (χ3n) is 3.26. The van der Waals surface area contributed by atoms with Gasteiger partial charge in [-0.3, -0.25) is 4.90 Å². The summed E-state index contributed by atoms with van der Waals surface area (Å²) in [5.41, 5.74) is 1.13. The lowest BCUT2D eigenvalue weighted by atomic mass is 10.1. The lowest BCUT2D eigenvalue weighted by Gasteiger charge is -2.15. The quantitative estimate of drug-likeness (QED) is 0.753. The van der Waals surface area contributed by atoms with Crippen molar-refractivity contribution in [3.63, 3.8) is 0 Å². The van der Waals surface area contributed by atoms with Crippen LogP contribution in [0.2, 0.25) is 0 Å². The van der Waals surface area contributed by atoms with E-state index in [1.165, 1.54) is 25.9 Å². The summed E-state index contributed by atoms with van der Waals surface area (Å²) in [6, 6.07) is 2.00. The number of aromatic nitrogens is 2. The maximum atomic E-state index is 4.27. The Kier molecular flexibility index (Phi) is 4.88. The standard InChI is InChI=1S/C13H22N4/c1-2-5-14-8-12-4-7-17(9-12)10-13-3-6-15-11-16-13/h3,6,11-12,14H,2,4-5,7-10H2,1H3. The van der Waals surface area contributed by atoms with Crippen LogP contribution in [-0.4, -0.2) is 41.0 Å². The van der Waals surface area contributed by atoms with E-state index in [9.17, 15) is 0 Å². The van der Waals surface area contributed by atoms with Crippen LogP contribution in [0.4, 0.5) is 0 Å². The molecule has 0 bridgehead atoms. The zero-order valence-corrected chi connectivity index (χ0v) is 10.6. The molecule has 0 amide bonds. The van der Waals surface area contributed by atoms with Crippen LogP contribution in [0.3, 0.4) is 0 Å². The van der Waals surface area contributed by atoms with Crippen molar-refractivity contribution in [2.75, 3.05) is 26.2 Å². The largest absolute Gasteiger partial charge is 0.316 e. The van der Waals surface area contributed by atoms with Crippen LogP contribution in [0.15, 0.2) is 18.6 Å². The van der Waals surface area contributed by atoms with Crippen molar-refractivity contribution in [1.29, 1.82) is 0 Å². The minimum Gasteiger partial charge on any atom is -0.316 e. The van der Waals surface area contributed by atoms with Gasteiger partial charge in [0, 0.05) is 19.3 Å². The van der Waals surface area contributed by atoms with E-state index in [1.54, 1.807) is 6.33 Å². The smallest absolute Gasteiger partial charge is 0.115 e. The second-order valence-corrected chi connectivity index (χ2v) is 4.79. The van der Waals surface area contributed by atoms with Crippen LogP contribution in [0.1, 0.15) is 25.5 Å². The molecule has 17 heavy (non-hydrogen) atoms. The van der Waals surface area contributed by atoms with Crippen LogP contribution in [-0.2, 0) is 6.54 Å². The van der Waals surface area contributed by atoms with E-state index in [0.717, 1.165) is 31.2 Å². The van der Waals surface area contributed by atoms with Gasteiger partial charge in [-0.15, -0.1) is 0 Å². The van der Waals surface area contributed by atoms with Crippen LogP contribution < -0.4 is 5.32 Å². The summed E-state index contributed by atoms with van der Waals surface area (Å²) in [4.78, 5) is 10.7. The van der Waals surface area contributed by atoms with Gasteiger partial charge in [0.2, 0.25) is 0 Å². The fraction of sp³-hybridized carbons (Fsp3) is 0.692. The van der Waals surface area contributed by atoms with E-state index in [1.807, 2.05) is 12.3 Å². The van der Waals surface area contributed by atoms with E-state index in [0.29, 0.717) is 0 Å². The molecule has 1 fully saturated rings. The molecule has 0 radical (unpaired) electrons. The van der Waals surface area contributed by atoms with Crippen molar-refractivity contribution in [2.24, 2.45) is 5.92 Å². The van der Waals surface area contributed by atoms with Gasteiger partial charge in [0.05, 0.1) is 5.69 Å². The van der Waals surface area contributed by atoms with Gasteiger partial charge in [0.15, 0.2) is 0 Å². The Bertz CT molecular complexity index is 314. The average molecular weight is 234 g/mol. The molecule has 0 aromatic carbocycles. The Morgan fingerprint density at radius 1 is 1.53 bits per heavy atom. The fourth-order valence-electron chi connectivity index (χ4n) is 2.35. The van der Waals surface area contributed by atoms with Gasteiger partial charge in [-0.25, -0.2) is 9.97 Å². The minimum atomic E-state index is 0.809. The summed E-state index contributed by atoms with van der Waals surface area (Å²) in [6.45, 7) is 7.87. The maximum Gasteiger partial charge on any atom is 0.115 e. The number of likely N-dealkylation sites (tertiary alicyclic amines) is 1. The summed E-state index contributed by atoms with van der Waals surface area (Å²) in [5, 5.41) is 3.51. The van der Waals surface area contributed by atoms with Crippen molar-refractivity contribution in [2.45, 2.75) is 26.3 Å². The third kappa shape index (κ3) is 4.06. The van der Waals surface area contributed by atoms with Gasteiger partial charge in [-0.1, -0.05) is 6.92 Å². The molecule has 1 aromatic rings. The molecule has 94 valence electrons. The van der Waals surface area contributed by atoms with Crippen molar-refractivity contribution < 1.29 is 0 Å². The SMILES string of the molecule is CCCNCC1CCN(Cc2ccncn2)C1. The minimum absolute atomic E-state index is 0.809. The predicted octanol–water partition coefficient (Wildman–Crippen LogP) is 1.30. The van der Waals surface area contributed by atoms with E-state index in [4.69, 9.17) is 0 Å². The van der Waals surface area contributed by atoms with Crippen molar-refractivity contribution in [1.82, 2.24) is 20.2 Å². The molecular weight excluding hydrogens is 212 g/mol. The molecule has 2 heterocycles. The monoisotopic (exact) mass is 234 g/mol. The molecule has 1 saturated heterocycles. The molecule has 4 heteroatoms. The molecule has 1 aromatic heterocycles. The zero-order valence-electron chi connectivity index (χ0n) is 10.6. The van der Waals surface area contributed by atoms with Gasteiger partial charge in [-0.05, 0) is 44.5 Å². The first-order valence-corrected chi connectivity index (χ1v) is 6.56. The number of nitrogens with one attached hydrogen (secondary N) is 1. The molecule has 0 aliphatic carbocycles. The molecule has 4 nitrogen and oxygen atoms in total. The maximum absolute atomic E-state index is 4.27. The summed E-state index contributed by atoms with van der Waals surface area (Å²) in [5.74, 6) is 0.809. The van der Waals surface area contributed by atoms with Gasteiger partial charge < -0.3 is 5.32 Å². The Labute approximate surface area is 103 Å². The second kappa shape index (κ2) is 6.67. The summed E-state index contributed by atoms with van der Waals surface area (Å²) >= 11 is 0. The van der Waals surface area contributed by atoms with Crippen molar-refractivity contribution >= 4 is 0 Å². The first kappa shape index (κ1) is 12.5. The molecule has 2 rings (SSSR count). The highest BCUT2D eigenvalue weighted by atomic mass is 15.2. The first-order chi connectivity index (χ1) is 8.38. The van der Waals surface area contributed by atoms with E-state index < -0.39 is 0 Å². The van der Waals surface area contributed by atoms with Crippen LogP contribution in [0.25, 0.3) is 0 Å². The van der Waals surface area contributed by atoms with Crippen LogP contribution >= 0.6 is 0 Å². The molecule has 1 aliphatic rings. The summed E-state index contributed by atoms with van der Waals surface area (Å²) in [7, 11) is 0. The Morgan fingerprint density at radius 3 is 3.24 bits per heavy atom. The highest BCUT2D eigenvalue weighted by Gasteiger charge is 2.21.